The van der Waals surface area contributed by atoms with Crippen LogP contribution in [-0.2, 0) is 0 Å². The molecule has 4 nitrogen and oxygen atoms in total. The van der Waals surface area contributed by atoms with Gasteiger partial charge in [-0.2, -0.15) is 0 Å². The molecular weight excluding hydrogens is 240 g/mol. The molecule has 2 rings (SSSR count). The Kier molecular flexibility index (Phi) is 5.36. The van der Waals surface area contributed by atoms with Gasteiger partial charge in [-0.1, -0.05) is 0 Å². The van der Waals surface area contributed by atoms with Crippen LogP contribution in [0.25, 0.3) is 0 Å². The van der Waals surface area contributed by atoms with Gasteiger partial charge in [0.25, 0.3) is 0 Å². The molecule has 19 heavy (non-hydrogen) atoms. The van der Waals surface area contributed by atoms with E-state index in [0.29, 0.717) is 13.2 Å². The molecule has 1 fully saturated rings. The van der Waals surface area contributed by atoms with E-state index >= 15 is 0 Å². The number of hydrogen-bond donors (Lipinski definition) is 1. The van der Waals surface area contributed by atoms with Gasteiger partial charge >= 0.3 is 0 Å². The van der Waals surface area contributed by atoms with Gasteiger partial charge in [0.15, 0.2) is 5.78 Å². The van der Waals surface area contributed by atoms with Crippen molar-refractivity contribution in [1.29, 1.82) is 0 Å². The van der Waals surface area contributed by atoms with Gasteiger partial charge in [0.1, 0.15) is 5.75 Å². The number of ketones is 1. The molecule has 4 heteroatoms. The average Bonchev–Trinajstić information content (AvgIpc) is 2.68. The highest BCUT2D eigenvalue weighted by molar-refractivity contribution is 5.97. The maximum atomic E-state index is 12.2. The first kappa shape index (κ1) is 14.0. The van der Waals surface area contributed by atoms with Crippen molar-refractivity contribution in [2.24, 2.45) is 0 Å². The molecule has 0 amide bonds. The van der Waals surface area contributed by atoms with Crippen molar-refractivity contribution < 1.29 is 9.53 Å². The number of ether oxygens (including phenoxy) is 1. The predicted molar refractivity (Wildman–Crippen MR) is 75.9 cm³/mol. The first-order valence-electron chi connectivity index (χ1n) is 6.98. The summed E-state index contributed by atoms with van der Waals surface area (Å²) in [5.74, 6) is 1.00. The van der Waals surface area contributed by atoms with Crippen molar-refractivity contribution in [3.8, 4) is 5.75 Å². The molecule has 1 aliphatic rings. The van der Waals surface area contributed by atoms with Crippen LogP contribution in [0.2, 0.25) is 0 Å². The van der Waals surface area contributed by atoms with Crippen LogP contribution in [0.3, 0.4) is 0 Å². The van der Waals surface area contributed by atoms with E-state index in [2.05, 4.69) is 10.2 Å². The summed E-state index contributed by atoms with van der Waals surface area (Å²) in [7, 11) is 0. The molecule has 0 spiro atoms. The smallest absolute Gasteiger partial charge is 0.176 e. The Morgan fingerprint density at radius 1 is 1.26 bits per heavy atom. The molecule has 104 valence electrons. The SMILES string of the molecule is CCOc1ccc(C(=O)CN2CCCNCC2)cc1. The second-order valence-corrected chi connectivity index (χ2v) is 4.76. The Labute approximate surface area is 114 Å². The van der Waals surface area contributed by atoms with E-state index in [4.69, 9.17) is 4.74 Å². The Bertz CT molecular complexity index is 395. The number of hydrogen-bond acceptors (Lipinski definition) is 4. The van der Waals surface area contributed by atoms with Gasteiger partial charge in [-0.3, -0.25) is 9.69 Å². The number of nitrogens with zero attached hydrogens (tertiary/aromatic N) is 1. The van der Waals surface area contributed by atoms with E-state index in [1.54, 1.807) is 0 Å². The second kappa shape index (κ2) is 7.26. The number of carbonyl (C=O) groups is 1. The van der Waals surface area contributed by atoms with Crippen molar-refractivity contribution >= 4 is 5.78 Å². The number of benzene rings is 1. The van der Waals surface area contributed by atoms with Crippen molar-refractivity contribution in [1.82, 2.24) is 10.2 Å². The van der Waals surface area contributed by atoms with Crippen LogP contribution in [0, 0.1) is 0 Å². The maximum absolute atomic E-state index is 12.2. The lowest BCUT2D eigenvalue weighted by Crippen LogP contribution is -2.33. The maximum Gasteiger partial charge on any atom is 0.176 e. The minimum absolute atomic E-state index is 0.185. The van der Waals surface area contributed by atoms with Crippen LogP contribution in [0.15, 0.2) is 24.3 Å². The Hall–Kier alpha value is -1.39. The molecule has 1 aromatic rings. The highest BCUT2D eigenvalue weighted by Crippen LogP contribution is 2.13. The third kappa shape index (κ3) is 4.33. The molecule has 0 bridgehead atoms. The number of carbonyl (C=O) groups excluding carboxylic acids is 1. The van der Waals surface area contributed by atoms with Gasteiger partial charge in [-0.05, 0) is 50.7 Å². The number of Topliss-reactive ketones (excluding diaryl/α,β-unsaturated/α-hetero) is 1. The predicted octanol–water partition coefficient (Wildman–Crippen LogP) is 1.56. The zero-order valence-corrected chi connectivity index (χ0v) is 11.5. The molecule has 0 saturated carbocycles. The topological polar surface area (TPSA) is 41.6 Å². The summed E-state index contributed by atoms with van der Waals surface area (Å²) in [5, 5.41) is 3.34. The highest BCUT2D eigenvalue weighted by atomic mass is 16.5. The highest BCUT2D eigenvalue weighted by Gasteiger charge is 2.14. The molecule has 1 aliphatic heterocycles. The lowest BCUT2D eigenvalue weighted by Gasteiger charge is -2.18. The summed E-state index contributed by atoms with van der Waals surface area (Å²) in [6.07, 6.45) is 1.11. The summed E-state index contributed by atoms with van der Waals surface area (Å²) in [6.45, 7) is 7.07. The Morgan fingerprint density at radius 2 is 2.05 bits per heavy atom. The van der Waals surface area contributed by atoms with Crippen LogP contribution in [0.1, 0.15) is 23.7 Å². The molecule has 0 aliphatic carbocycles. The van der Waals surface area contributed by atoms with E-state index in [9.17, 15) is 4.79 Å². The minimum atomic E-state index is 0.185. The molecular formula is C15H22N2O2. The Morgan fingerprint density at radius 3 is 2.79 bits per heavy atom. The molecule has 0 aromatic heterocycles. The summed E-state index contributed by atoms with van der Waals surface area (Å²) < 4.78 is 5.38. The van der Waals surface area contributed by atoms with Gasteiger partial charge in [0.2, 0.25) is 0 Å². The van der Waals surface area contributed by atoms with Gasteiger partial charge < -0.3 is 10.1 Å². The fourth-order valence-electron chi connectivity index (χ4n) is 2.26. The van der Waals surface area contributed by atoms with Crippen LogP contribution >= 0.6 is 0 Å². The number of rotatable bonds is 5. The summed E-state index contributed by atoms with van der Waals surface area (Å²) >= 11 is 0. The summed E-state index contributed by atoms with van der Waals surface area (Å²) in [6, 6.07) is 7.42. The molecule has 1 aromatic carbocycles. The fourth-order valence-corrected chi connectivity index (χ4v) is 2.26. The molecule has 1 saturated heterocycles. The largest absolute Gasteiger partial charge is 0.494 e. The first-order valence-corrected chi connectivity index (χ1v) is 6.98. The van der Waals surface area contributed by atoms with Gasteiger partial charge in [0, 0.05) is 18.7 Å². The molecule has 0 radical (unpaired) electrons. The van der Waals surface area contributed by atoms with E-state index in [-0.39, 0.29) is 5.78 Å². The third-order valence-electron chi connectivity index (χ3n) is 3.29. The molecule has 0 unspecified atom stereocenters. The summed E-state index contributed by atoms with van der Waals surface area (Å²) in [5.41, 5.74) is 0.764. The zero-order valence-electron chi connectivity index (χ0n) is 11.5. The van der Waals surface area contributed by atoms with E-state index < -0.39 is 0 Å². The number of nitrogens with one attached hydrogen (secondary N) is 1. The standard InChI is InChI=1S/C15H22N2O2/c1-2-19-14-6-4-13(5-7-14)15(18)12-17-10-3-8-16-9-11-17/h4-7,16H,2-3,8-12H2,1H3. The lowest BCUT2D eigenvalue weighted by molar-refractivity contribution is 0.0935. The van der Waals surface area contributed by atoms with E-state index in [1.807, 2.05) is 31.2 Å². The molecule has 1 heterocycles. The fraction of sp³-hybridized carbons (Fsp3) is 0.533. The van der Waals surface area contributed by atoms with Crippen molar-refractivity contribution in [2.75, 3.05) is 39.3 Å². The van der Waals surface area contributed by atoms with Gasteiger partial charge in [0.05, 0.1) is 13.2 Å². The quantitative estimate of drug-likeness (QED) is 0.818. The van der Waals surface area contributed by atoms with Crippen LogP contribution in [0.4, 0.5) is 0 Å². The molecule has 1 N–H and O–H groups in total. The van der Waals surface area contributed by atoms with E-state index in [1.165, 1.54) is 0 Å². The van der Waals surface area contributed by atoms with Crippen LogP contribution < -0.4 is 10.1 Å². The van der Waals surface area contributed by atoms with Crippen LogP contribution in [-0.4, -0.2) is 50.0 Å². The second-order valence-electron chi connectivity index (χ2n) is 4.76. The van der Waals surface area contributed by atoms with Crippen molar-refractivity contribution in [3.63, 3.8) is 0 Å². The first-order chi connectivity index (χ1) is 9.29. The van der Waals surface area contributed by atoms with Crippen LogP contribution in [0.5, 0.6) is 5.75 Å². The van der Waals surface area contributed by atoms with E-state index in [0.717, 1.165) is 43.9 Å². The third-order valence-corrected chi connectivity index (χ3v) is 3.29. The average molecular weight is 262 g/mol. The summed E-state index contributed by atoms with van der Waals surface area (Å²) in [4.78, 5) is 14.4. The lowest BCUT2D eigenvalue weighted by atomic mass is 10.1. The monoisotopic (exact) mass is 262 g/mol. The Balaban J connectivity index is 1.91. The van der Waals surface area contributed by atoms with Crippen molar-refractivity contribution in [3.05, 3.63) is 29.8 Å². The minimum Gasteiger partial charge on any atom is -0.494 e. The zero-order chi connectivity index (χ0) is 13.5. The van der Waals surface area contributed by atoms with Gasteiger partial charge in [-0.15, -0.1) is 0 Å². The normalized spacial score (nSPS) is 16.9. The molecule has 0 atom stereocenters. The van der Waals surface area contributed by atoms with Crippen molar-refractivity contribution in [2.45, 2.75) is 13.3 Å². The van der Waals surface area contributed by atoms with Gasteiger partial charge in [-0.25, -0.2) is 0 Å².